The summed E-state index contributed by atoms with van der Waals surface area (Å²) in [5.41, 5.74) is 1.03. The summed E-state index contributed by atoms with van der Waals surface area (Å²) < 4.78 is 0. The molecule has 9 nitrogen and oxygen atoms in total. The van der Waals surface area contributed by atoms with E-state index in [0.717, 1.165) is 16.9 Å². The average Bonchev–Trinajstić information content (AvgIpc) is 3.33. The van der Waals surface area contributed by atoms with E-state index in [1.807, 2.05) is 30.3 Å². The highest BCUT2D eigenvalue weighted by molar-refractivity contribution is 7.21. The predicted octanol–water partition coefficient (Wildman–Crippen LogP) is 4.13. The maximum atomic E-state index is 12.9. The number of aliphatic carboxylic acids is 1. The van der Waals surface area contributed by atoms with E-state index in [-0.39, 0.29) is 20.8 Å². The summed E-state index contributed by atoms with van der Waals surface area (Å²) in [6.07, 6.45) is -0.740. The average molecular weight is 474 g/mol. The third-order valence-corrected chi connectivity index (χ3v) is 6.17. The Bertz CT molecular complexity index is 1310. The van der Waals surface area contributed by atoms with Gasteiger partial charge in [0.05, 0.1) is 5.69 Å². The lowest BCUT2D eigenvalue weighted by Crippen LogP contribution is -2.18. The summed E-state index contributed by atoms with van der Waals surface area (Å²) in [5.74, 6) is -2.59. The van der Waals surface area contributed by atoms with Crippen molar-refractivity contribution in [2.75, 3.05) is 10.6 Å². The first-order valence-electron chi connectivity index (χ1n) is 8.71. The van der Waals surface area contributed by atoms with Crippen molar-refractivity contribution in [1.29, 1.82) is 0 Å². The van der Waals surface area contributed by atoms with E-state index >= 15 is 0 Å². The number of hydrogen-bond donors (Lipinski definition) is 3. The van der Waals surface area contributed by atoms with Gasteiger partial charge in [-0.15, -0.1) is 21.5 Å². The van der Waals surface area contributed by atoms with Gasteiger partial charge >= 0.3 is 5.97 Å². The maximum Gasteiger partial charge on any atom is 0.312 e. The molecule has 0 saturated carbocycles. The second kappa shape index (κ2) is 8.76. The summed E-state index contributed by atoms with van der Waals surface area (Å²) >= 11 is 8.15. The predicted molar refractivity (Wildman–Crippen MR) is 119 cm³/mol. The third-order valence-electron chi connectivity index (χ3n) is 3.97. The Kier molecular flexibility index (Phi) is 5.89. The van der Waals surface area contributed by atoms with E-state index in [1.54, 1.807) is 6.07 Å². The molecule has 0 spiro atoms. The van der Waals surface area contributed by atoms with Crippen molar-refractivity contribution in [1.82, 2.24) is 15.2 Å². The molecule has 0 fully saturated rings. The largest absolute Gasteiger partial charge is 0.481 e. The number of aromatic nitrogens is 3. The molecule has 3 aromatic heterocycles. The Morgan fingerprint density at radius 1 is 1.00 bits per heavy atom. The Hall–Kier alpha value is -3.41. The lowest BCUT2D eigenvalue weighted by Gasteiger charge is -2.06. The zero-order valence-corrected chi connectivity index (χ0v) is 17.8. The highest BCUT2D eigenvalue weighted by Gasteiger charge is 2.23. The van der Waals surface area contributed by atoms with E-state index in [0.29, 0.717) is 15.2 Å². The number of carboxylic acids is 1. The van der Waals surface area contributed by atoms with Gasteiger partial charge in [-0.3, -0.25) is 19.7 Å². The first kappa shape index (κ1) is 20.8. The number of halogens is 1. The highest BCUT2D eigenvalue weighted by atomic mass is 35.5. The number of carbonyl (C=O) groups is 3. The lowest BCUT2D eigenvalue weighted by atomic mass is 10.2. The molecule has 1 aromatic carbocycles. The van der Waals surface area contributed by atoms with Gasteiger partial charge in [-0.2, -0.15) is 0 Å². The summed E-state index contributed by atoms with van der Waals surface area (Å²) in [7, 11) is 0. The maximum absolute atomic E-state index is 12.9. The number of pyridine rings is 1. The first-order chi connectivity index (χ1) is 14.9. The van der Waals surface area contributed by atoms with Crippen LogP contribution in [0, 0.1) is 0 Å². The number of carbonyl (C=O) groups excluding carboxylic acids is 2. The fourth-order valence-electron chi connectivity index (χ4n) is 2.69. The minimum absolute atomic E-state index is 0.139. The third kappa shape index (κ3) is 4.68. The molecular formula is C19H12ClN5O4S2. The molecule has 0 aliphatic carbocycles. The zero-order valence-electron chi connectivity index (χ0n) is 15.5. The summed E-state index contributed by atoms with van der Waals surface area (Å²) in [5, 5.41) is 23.7. The molecule has 0 bridgehead atoms. The smallest absolute Gasteiger partial charge is 0.312 e. The Balaban J connectivity index is 1.64. The number of thiophene rings is 1. The van der Waals surface area contributed by atoms with E-state index in [9.17, 15) is 14.4 Å². The molecule has 31 heavy (non-hydrogen) atoms. The number of fused-ring (bicyclic) bond motifs is 1. The van der Waals surface area contributed by atoms with Crippen LogP contribution in [0.4, 0.5) is 10.8 Å². The number of carboxylic acid groups (broad SMARTS) is 1. The number of rotatable bonds is 6. The van der Waals surface area contributed by atoms with Gasteiger partial charge in [0.2, 0.25) is 11.0 Å². The number of nitrogens with zero attached hydrogens (tertiary/aromatic N) is 3. The summed E-state index contributed by atoms with van der Waals surface area (Å²) in [6.45, 7) is 0. The van der Waals surface area contributed by atoms with Gasteiger partial charge in [-0.1, -0.05) is 53.3 Å². The molecule has 2 amide bonds. The van der Waals surface area contributed by atoms with Crippen molar-refractivity contribution in [3.63, 3.8) is 0 Å². The van der Waals surface area contributed by atoms with E-state index in [4.69, 9.17) is 16.7 Å². The molecule has 0 aliphatic heterocycles. The minimum atomic E-state index is -1.29. The number of hydrogen-bond acceptors (Lipinski definition) is 8. The molecule has 0 unspecified atom stereocenters. The Morgan fingerprint density at radius 3 is 2.52 bits per heavy atom. The molecule has 0 atom stereocenters. The summed E-state index contributed by atoms with van der Waals surface area (Å²) in [4.78, 5) is 40.6. The van der Waals surface area contributed by atoms with Gasteiger partial charge in [0.25, 0.3) is 5.91 Å². The molecule has 0 saturated heterocycles. The molecular weight excluding hydrogens is 462 g/mol. The molecule has 12 heteroatoms. The SMILES string of the molecule is O=C(O)CC(=O)Nc1c(C(=O)Nc2nnc(-c3ccccc3)s2)sc2nc(Cl)ccc12. The van der Waals surface area contributed by atoms with Crippen LogP contribution in [0.25, 0.3) is 20.8 Å². The van der Waals surface area contributed by atoms with Gasteiger partial charge in [-0.25, -0.2) is 4.98 Å². The number of amides is 2. The van der Waals surface area contributed by atoms with Gasteiger partial charge in [0.1, 0.15) is 26.3 Å². The second-order valence-corrected chi connectivity index (χ2v) is 8.51. The number of anilines is 2. The van der Waals surface area contributed by atoms with E-state index < -0.39 is 24.2 Å². The van der Waals surface area contributed by atoms with Gasteiger partial charge in [0, 0.05) is 10.9 Å². The van der Waals surface area contributed by atoms with Gasteiger partial charge in [0.15, 0.2) is 0 Å². The zero-order chi connectivity index (χ0) is 22.0. The van der Waals surface area contributed by atoms with Crippen LogP contribution >= 0.6 is 34.3 Å². The quantitative estimate of drug-likeness (QED) is 0.283. The first-order valence-corrected chi connectivity index (χ1v) is 10.7. The fraction of sp³-hybridized carbons (Fsp3) is 0.0526. The van der Waals surface area contributed by atoms with E-state index in [1.165, 1.54) is 17.4 Å². The molecule has 0 aliphatic rings. The summed E-state index contributed by atoms with van der Waals surface area (Å²) in [6, 6.07) is 12.5. The Morgan fingerprint density at radius 2 is 1.77 bits per heavy atom. The Labute approximate surface area is 187 Å². The van der Waals surface area contributed by atoms with Crippen LogP contribution in [0.15, 0.2) is 42.5 Å². The van der Waals surface area contributed by atoms with Crippen LogP contribution < -0.4 is 10.6 Å². The lowest BCUT2D eigenvalue weighted by molar-refractivity contribution is -0.139. The van der Waals surface area contributed by atoms with Crippen LogP contribution in [0.5, 0.6) is 0 Å². The normalized spacial score (nSPS) is 10.7. The molecule has 156 valence electrons. The van der Waals surface area contributed by atoms with Crippen LogP contribution in [0.1, 0.15) is 16.1 Å². The molecule has 4 rings (SSSR count). The molecule has 4 aromatic rings. The van der Waals surface area contributed by atoms with Gasteiger partial charge < -0.3 is 10.4 Å². The van der Waals surface area contributed by atoms with Crippen LogP contribution in [-0.2, 0) is 9.59 Å². The molecule has 0 radical (unpaired) electrons. The van der Waals surface area contributed by atoms with E-state index in [2.05, 4.69) is 25.8 Å². The van der Waals surface area contributed by atoms with Crippen LogP contribution in [0.3, 0.4) is 0 Å². The minimum Gasteiger partial charge on any atom is -0.481 e. The number of benzene rings is 1. The second-order valence-electron chi connectivity index (χ2n) is 6.14. The highest BCUT2D eigenvalue weighted by Crippen LogP contribution is 2.36. The molecule has 3 heterocycles. The number of nitrogens with one attached hydrogen (secondary N) is 2. The standard InChI is InChI=1S/C19H12ClN5O4S2/c20-11-7-6-10-14(22-12(26)8-13(27)28)15(30-18(10)21-11)16(29)23-19-25-24-17(31-19)9-4-2-1-3-5-9/h1-7H,8H2,(H,22,26)(H,27,28)(H,23,25,29). The topological polar surface area (TPSA) is 134 Å². The van der Waals surface area contributed by atoms with Crippen molar-refractivity contribution >= 4 is 73.1 Å². The van der Waals surface area contributed by atoms with Crippen LogP contribution in [-0.4, -0.2) is 38.1 Å². The van der Waals surface area contributed by atoms with Crippen molar-refractivity contribution in [3.8, 4) is 10.6 Å². The van der Waals surface area contributed by atoms with Gasteiger partial charge in [-0.05, 0) is 12.1 Å². The fourth-order valence-corrected chi connectivity index (χ4v) is 4.65. The van der Waals surface area contributed by atoms with Crippen molar-refractivity contribution in [2.45, 2.75) is 6.42 Å². The monoisotopic (exact) mass is 473 g/mol. The van der Waals surface area contributed by atoms with Crippen molar-refractivity contribution < 1.29 is 19.5 Å². The van der Waals surface area contributed by atoms with Crippen molar-refractivity contribution in [2.24, 2.45) is 0 Å². The molecule has 3 N–H and O–H groups in total. The van der Waals surface area contributed by atoms with Crippen LogP contribution in [0.2, 0.25) is 5.15 Å². The van der Waals surface area contributed by atoms with Crippen molar-refractivity contribution in [3.05, 3.63) is 52.5 Å².